The van der Waals surface area contributed by atoms with E-state index in [4.69, 9.17) is 5.11 Å². The summed E-state index contributed by atoms with van der Waals surface area (Å²) in [6, 6.07) is 0.889. The zero-order valence-electron chi connectivity index (χ0n) is 8.32. The first-order valence-electron chi connectivity index (χ1n) is 4.70. The molecular formula is C9H20N2O. The molecule has 0 aliphatic carbocycles. The first-order valence-corrected chi connectivity index (χ1v) is 4.70. The second kappa shape index (κ2) is 4.21. The summed E-state index contributed by atoms with van der Waals surface area (Å²) in [5.41, 5.74) is 0. The molecule has 0 amide bonds. The quantitative estimate of drug-likeness (QED) is 0.635. The molecule has 0 aromatic carbocycles. The predicted octanol–water partition coefficient (Wildman–Crippen LogP) is 0.00310. The lowest BCUT2D eigenvalue weighted by Gasteiger charge is -2.41. The Labute approximate surface area is 75.0 Å². The van der Waals surface area contributed by atoms with Gasteiger partial charge < -0.3 is 10.0 Å². The van der Waals surface area contributed by atoms with Gasteiger partial charge in [0, 0.05) is 31.7 Å². The maximum absolute atomic E-state index is 9.16. The van der Waals surface area contributed by atoms with Crippen molar-refractivity contribution in [2.75, 3.05) is 33.3 Å². The van der Waals surface area contributed by atoms with Crippen molar-refractivity contribution in [1.82, 2.24) is 9.80 Å². The number of likely N-dealkylation sites (N-methyl/N-ethyl adjacent to an activating group) is 1. The van der Waals surface area contributed by atoms with Gasteiger partial charge in [-0.3, -0.25) is 4.90 Å². The zero-order chi connectivity index (χ0) is 9.14. The largest absolute Gasteiger partial charge is 0.395 e. The molecule has 0 saturated carbocycles. The molecule has 0 bridgehead atoms. The van der Waals surface area contributed by atoms with E-state index in [1.54, 1.807) is 0 Å². The fourth-order valence-electron chi connectivity index (χ4n) is 1.87. The highest BCUT2D eigenvalue weighted by Crippen LogP contribution is 2.11. The summed E-state index contributed by atoms with van der Waals surface area (Å²) in [6.07, 6.45) is 0. The van der Waals surface area contributed by atoms with E-state index in [0.717, 1.165) is 19.6 Å². The van der Waals surface area contributed by atoms with Crippen LogP contribution in [0.1, 0.15) is 13.8 Å². The van der Waals surface area contributed by atoms with E-state index in [1.165, 1.54) is 0 Å². The van der Waals surface area contributed by atoms with Crippen LogP contribution >= 0.6 is 0 Å². The Morgan fingerprint density at radius 1 is 1.42 bits per heavy atom. The minimum Gasteiger partial charge on any atom is -0.395 e. The Kier molecular flexibility index (Phi) is 3.50. The molecule has 0 unspecified atom stereocenters. The van der Waals surface area contributed by atoms with Crippen LogP contribution in [0.5, 0.6) is 0 Å². The highest BCUT2D eigenvalue weighted by atomic mass is 16.3. The molecule has 0 aromatic heterocycles. The van der Waals surface area contributed by atoms with Gasteiger partial charge in [0.25, 0.3) is 0 Å². The SMILES string of the molecule is CC(C)N1CCN(C)C[C@H]1CO. The molecule has 0 aromatic rings. The number of hydrogen-bond acceptors (Lipinski definition) is 3. The van der Waals surface area contributed by atoms with Gasteiger partial charge in [0.05, 0.1) is 6.61 Å². The molecule has 1 fully saturated rings. The van der Waals surface area contributed by atoms with Gasteiger partial charge in [0.2, 0.25) is 0 Å². The average molecular weight is 172 g/mol. The fraction of sp³-hybridized carbons (Fsp3) is 1.00. The standard InChI is InChI=1S/C9H20N2O/c1-8(2)11-5-4-10(3)6-9(11)7-12/h8-9,12H,4-7H2,1-3H3/t9-/m0/s1. The first kappa shape index (κ1) is 9.96. The van der Waals surface area contributed by atoms with Gasteiger partial charge in [-0.25, -0.2) is 0 Å². The number of piperazine rings is 1. The average Bonchev–Trinajstić information content (AvgIpc) is 2.03. The summed E-state index contributed by atoms with van der Waals surface area (Å²) < 4.78 is 0. The van der Waals surface area contributed by atoms with Crippen molar-refractivity contribution in [3.8, 4) is 0 Å². The molecule has 1 saturated heterocycles. The van der Waals surface area contributed by atoms with Gasteiger partial charge in [-0.2, -0.15) is 0 Å². The molecule has 1 aliphatic rings. The maximum atomic E-state index is 9.16. The first-order chi connectivity index (χ1) is 5.65. The van der Waals surface area contributed by atoms with Gasteiger partial charge >= 0.3 is 0 Å². The minimum atomic E-state index is 0.280. The zero-order valence-corrected chi connectivity index (χ0v) is 8.32. The van der Waals surface area contributed by atoms with Crippen LogP contribution in [-0.4, -0.2) is 60.3 Å². The van der Waals surface area contributed by atoms with Crippen molar-refractivity contribution >= 4 is 0 Å². The molecule has 3 nitrogen and oxygen atoms in total. The van der Waals surface area contributed by atoms with Crippen LogP contribution in [0, 0.1) is 0 Å². The third-order valence-corrected chi connectivity index (χ3v) is 2.61. The van der Waals surface area contributed by atoms with Crippen molar-refractivity contribution in [2.24, 2.45) is 0 Å². The van der Waals surface area contributed by atoms with Crippen LogP contribution < -0.4 is 0 Å². The van der Waals surface area contributed by atoms with Crippen LogP contribution in [0.15, 0.2) is 0 Å². The highest BCUT2D eigenvalue weighted by molar-refractivity contribution is 4.81. The van der Waals surface area contributed by atoms with E-state index in [-0.39, 0.29) is 6.61 Å². The number of aliphatic hydroxyl groups is 1. The number of rotatable bonds is 2. The fourth-order valence-corrected chi connectivity index (χ4v) is 1.87. The second-order valence-corrected chi connectivity index (χ2v) is 3.93. The van der Waals surface area contributed by atoms with Gasteiger partial charge in [0.15, 0.2) is 0 Å². The molecule has 72 valence electrons. The molecule has 0 spiro atoms. The summed E-state index contributed by atoms with van der Waals surface area (Å²) >= 11 is 0. The monoisotopic (exact) mass is 172 g/mol. The Balaban J connectivity index is 2.50. The van der Waals surface area contributed by atoms with E-state index in [0.29, 0.717) is 12.1 Å². The van der Waals surface area contributed by atoms with Crippen molar-refractivity contribution in [3.63, 3.8) is 0 Å². The predicted molar refractivity (Wildman–Crippen MR) is 50.2 cm³/mol. The summed E-state index contributed by atoms with van der Waals surface area (Å²) in [6.45, 7) is 7.85. The molecule has 3 heteroatoms. The molecule has 1 rings (SSSR count). The molecule has 1 heterocycles. The third kappa shape index (κ3) is 2.19. The number of aliphatic hydroxyl groups excluding tert-OH is 1. The van der Waals surface area contributed by atoms with E-state index in [1.807, 2.05) is 0 Å². The lowest BCUT2D eigenvalue weighted by atomic mass is 10.1. The molecule has 1 N–H and O–H groups in total. The topological polar surface area (TPSA) is 26.7 Å². The maximum Gasteiger partial charge on any atom is 0.0599 e. The summed E-state index contributed by atoms with van der Waals surface area (Å²) in [4.78, 5) is 4.65. The van der Waals surface area contributed by atoms with Crippen LogP contribution in [-0.2, 0) is 0 Å². The van der Waals surface area contributed by atoms with Crippen LogP contribution in [0.3, 0.4) is 0 Å². The van der Waals surface area contributed by atoms with Gasteiger partial charge in [-0.1, -0.05) is 0 Å². The lowest BCUT2D eigenvalue weighted by molar-refractivity contribution is 0.0307. The van der Waals surface area contributed by atoms with Crippen molar-refractivity contribution in [2.45, 2.75) is 25.9 Å². The molecular weight excluding hydrogens is 152 g/mol. The second-order valence-electron chi connectivity index (χ2n) is 3.93. The highest BCUT2D eigenvalue weighted by Gasteiger charge is 2.25. The van der Waals surface area contributed by atoms with Crippen LogP contribution in [0.2, 0.25) is 0 Å². The third-order valence-electron chi connectivity index (χ3n) is 2.61. The Bertz CT molecular complexity index is 138. The van der Waals surface area contributed by atoms with E-state index in [9.17, 15) is 0 Å². The summed E-state index contributed by atoms with van der Waals surface area (Å²) in [5, 5.41) is 9.16. The molecule has 0 radical (unpaired) electrons. The normalized spacial score (nSPS) is 28.2. The van der Waals surface area contributed by atoms with Gasteiger partial charge in [-0.05, 0) is 20.9 Å². The number of nitrogens with zero attached hydrogens (tertiary/aromatic N) is 2. The molecule has 1 aliphatic heterocycles. The minimum absolute atomic E-state index is 0.280. The Morgan fingerprint density at radius 3 is 2.58 bits per heavy atom. The van der Waals surface area contributed by atoms with E-state index >= 15 is 0 Å². The Morgan fingerprint density at radius 2 is 2.08 bits per heavy atom. The summed E-state index contributed by atoms with van der Waals surface area (Å²) in [5.74, 6) is 0. The van der Waals surface area contributed by atoms with Gasteiger partial charge in [-0.15, -0.1) is 0 Å². The van der Waals surface area contributed by atoms with Crippen molar-refractivity contribution in [1.29, 1.82) is 0 Å². The van der Waals surface area contributed by atoms with E-state index < -0.39 is 0 Å². The van der Waals surface area contributed by atoms with Gasteiger partial charge in [0.1, 0.15) is 0 Å². The Hall–Kier alpha value is -0.120. The van der Waals surface area contributed by atoms with E-state index in [2.05, 4.69) is 30.7 Å². The lowest BCUT2D eigenvalue weighted by Crippen LogP contribution is -2.55. The van der Waals surface area contributed by atoms with Crippen LogP contribution in [0.4, 0.5) is 0 Å². The van der Waals surface area contributed by atoms with Crippen LogP contribution in [0.25, 0.3) is 0 Å². The summed E-state index contributed by atoms with van der Waals surface area (Å²) in [7, 11) is 2.11. The molecule has 12 heavy (non-hydrogen) atoms. The van der Waals surface area contributed by atoms with Crippen molar-refractivity contribution < 1.29 is 5.11 Å². The van der Waals surface area contributed by atoms with Crippen molar-refractivity contribution in [3.05, 3.63) is 0 Å². The number of hydrogen-bond donors (Lipinski definition) is 1. The smallest absolute Gasteiger partial charge is 0.0599 e. The molecule has 1 atom stereocenters.